The molecular weight excluding hydrogens is 431 g/mol. The summed E-state index contributed by atoms with van der Waals surface area (Å²) >= 11 is 0. The molecule has 3 aromatic carbocycles. The Morgan fingerprint density at radius 2 is 1.78 bits per heavy atom. The smallest absolute Gasteiger partial charge is 0.261 e. The van der Waals surface area contributed by atoms with Crippen molar-refractivity contribution in [3.63, 3.8) is 0 Å². The van der Waals surface area contributed by atoms with Crippen LogP contribution in [0, 0.1) is 12.7 Å². The highest BCUT2D eigenvalue weighted by atomic mass is 32.2. The second-order valence-corrected chi connectivity index (χ2v) is 8.76. The van der Waals surface area contributed by atoms with Crippen molar-refractivity contribution in [2.24, 2.45) is 0 Å². The van der Waals surface area contributed by atoms with Crippen LogP contribution < -0.4 is 10.0 Å². The second kappa shape index (κ2) is 8.64. The zero-order valence-corrected chi connectivity index (χ0v) is 17.8. The van der Waals surface area contributed by atoms with Crippen molar-refractivity contribution in [2.45, 2.75) is 11.8 Å². The quantitative estimate of drug-likeness (QED) is 0.456. The third-order valence-electron chi connectivity index (χ3n) is 4.63. The lowest BCUT2D eigenvalue weighted by Crippen LogP contribution is -2.16. The van der Waals surface area contributed by atoms with Gasteiger partial charge in [-0.25, -0.2) is 17.5 Å². The van der Waals surface area contributed by atoms with Gasteiger partial charge in [0.05, 0.1) is 4.90 Å². The number of rotatable bonds is 6. The Kier molecular flexibility index (Phi) is 5.74. The first-order chi connectivity index (χ1) is 15.3. The molecule has 0 saturated heterocycles. The van der Waals surface area contributed by atoms with E-state index in [1.807, 2.05) is 13.0 Å². The first kappa shape index (κ1) is 21.3. The highest BCUT2D eigenvalue weighted by molar-refractivity contribution is 7.92. The van der Waals surface area contributed by atoms with Crippen molar-refractivity contribution < 1.29 is 17.6 Å². The van der Waals surface area contributed by atoms with Crippen LogP contribution in [0.3, 0.4) is 0 Å². The van der Waals surface area contributed by atoms with Crippen molar-refractivity contribution in [1.82, 2.24) is 9.78 Å². The van der Waals surface area contributed by atoms with Crippen LogP contribution in [0.4, 0.5) is 15.8 Å². The normalized spacial score (nSPS) is 11.2. The fourth-order valence-corrected chi connectivity index (χ4v) is 4.21. The predicted octanol–water partition coefficient (Wildman–Crippen LogP) is 4.37. The zero-order valence-electron chi connectivity index (χ0n) is 17.0. The molecule has 0 atom stereocenters. The standard InChI is InChI=1S/C23H19FN4O3S/c1-16-5-2-7-19(13-16)27-32(30,31)20-8-3-6-17(14-20)23(29)26-18-9-10-22(21(24)15-18)28-12-4-11-25-28/h2-15,27H,1H3,(H,26,29). The average molecular weight is 450 g/mol. The van der Waals surface area contributed by atoms with Gasteiger partial charge in [0.15, 0.2) is 5.82 Å². The third-order valence-corrected chi connectivity index (χ3v) is 6.01. The minimum Gasteiger partial charge on any atom is -0.322 e. The third kappa shape index (κ3) is 4.68. The highest BCUT2D eigenvalue weighted by Crippen LogP contribution is 2.21. The van der Waals surface area contributed by atoms with Gasteiger partial charge < -0.3 is 5.32 Å². The molecule has 4 aromatic rings. The fraction of sp³-hybridized carbons (Fsp3) is 0.0435. The van der Waals surface area contributed by atoms with Gasteiger partial charge in [-0.15, -0.1) is 0 Å². The van der Waals surface area contributed by atoms with Gasteiger partial charge in [-0.3, -0.25) is 9.52 Å². The zero-order chi connectivity index (χ0) is 22.7. The molecule has 0 fully saturated rings. The lowest BCUT2D eigenvalue weighted by Gasteiger charge is -2.11. The molecule has 32 heavy (non-hydrogen) atoms. The Balaban J connectivity index is 1.53. The summed E-state index contributed by atoms with van der Waals surface area (Å²) in [7, 11) is -3.90. The van der Waals surface area contributed by atoms with Gasteiger partial charge in [-0.2, -0.15) is 5.10 Å². The van der Waals surface area contributed by atoms with E-state index < -0.39 is 21.7 Å². The lowest BCUT2D eigenvalue weighted by atomic mass is 10.2. The number of aryl methyl sites for hydroxylation is 1. The SMILES string of the molecule is Cc1cccc(NS(=O)(=O)c2cccc(C(=O)Nc3ccc(-n4cccn4)c(F)c3)c2)c1. The molecule has 1 aromatic heterocycles. The minimum atomic E-state index is -3.90. The molecule has 0 aliphatic rings. The minimum absolute atomic E-state index is 0.0631. The van der Waals surface area contributed by atoms with E-state index in [4.69, 9.17) is 0 Å². The van der Waals surface area contributed by atoms with Crippen molar-refractivity contribution in [1.29, 1.82) is 0 Å². The number of hydrogen-bond donors (Lipinski definition) is 2. The van der Waals surface area contributed by atoms with Crippen molar-refractivity contribution >= 4 is 27.3 Å². The molecule has 4 rings (SSSR count). The second-order valence-electron chi connectivity index (χ2n) is 7.07. The summed E-state index contributed by atoms with van der Waals surface area (Å²) in [5.41, 5.74) is 1.92. The molecule has 0 spiro atoms. The Morgan fingerprint density at radius 3 is 2.50 bits per heavy atom. The van der Waals surface area contributed by atoms with E-state index in [1.165, 1.54) is 53.3 Å². The van der Waals surface area contributed by atoms with Crippen LogP contribution in [0.1, 0.15) is 15.9 Å². The molecule has 0 saturated carbocycles. The summed E-state index contributed by atoms with van der Waals surface area (Å²) in [6, 6.07) is 18.4. The molecule has 9 heteroatoms. The number of sulfonamides is 1. The van der Waals surface area contributed by atoms with Crippen LogP contribution in [0.15, 0.2) is 90.1 Å². The van der Waals surface area contributed by atoms with E-state index in [2.05, 4.69) is 15.1 Å². The lowest BCUT2D eigenvalue weighted by molar-refractivity contribution is 0.102. The van der Waals surface area contributed by atoms with Gasteiger partial charge >= 0.3 is 0 Å². The van der Waals surface area contributed by atoms with Crippen molar-refractivity contribution in [3.05, 3.63) is 102 Å². The number of amides is 1. The molecule has 7 nitrogen and oxygen atoms in total. The largest absolute Gasteiger partial charge is 0.322 e. The molecule has 1 amide bonds. The van der Waals surface area contributed by atoms with Gasteiger partial charge in [0.25, 0.3) is 15.9 Å². The molecule has 1 heterocycles. The predicted molar refractivity (Wildman–Crippen MR) is 120 cm³/mol. The first-order valence-electron chi connectivity index (χ1n) is 9.62. The van der Waals surface area contributed by atoms with E-state index >= 15 is 0 Å². The Labute approximate surface area is 184 Å². The van der Waals surface area contributed by atoms with Crippen LogP contribution in [-0.4, -0.2) is 24.1 Å². The number of nitrogens with zero attached hydrogens (tertiary/aromatic N) is 2. The molecular formula is C23H19FN4O3S. The summed E-state index contributed by atoms with van der Waals surface area (Å²) in [4.78, 5) is 12.6. The summed E-state index contributed by atoms with van der Waals surface area (Å²) < 4.78 is 43.8. The average Bonchev–Trinajstić information content (AvgIpc) is 3.28. The Bertz CT molecular complexity index is 1390. The van der Waals surface area contributed by atoms with Crippen molar-refractivity contribution in [3.8, 4) is 5.69 Å². The molecule has 0 bridgehead atoms. The van der Waals surface area contributed by atoms with Crippen LogP contribution in [0.5, 0.6) is 0 Å². The van der Waals surface area contributed by atoms with E-state index in [1.54, 1.807) is 30.5 Å². The number of hydrogen-bond acceptors (Lipinski definition) is 4. The maximum Gasteiger partial charge on any atom is 0.261 e. The molecule has 0 radical (unpaired) electrons. The maximum atomic E-state index is 14.4. The molecule has 0 aliphatic heterocycles. The summed E-state index contributed by atoms with van der Waals surface area (Å²) in [5, 5.41) is 6.56. The summed E-state index contributed by atoms with van der Waals surface area (Å²) in [5.74, 6) is -1.13. The maximum absolute atomic E-state index is 14.4. The molecule has 0 aliphatic carbocycles. The number of aromatic nitrogens is 2. The van der Waals surface area contributed by atoms with Crippen LogP contribution >= 0.6 is 0 Å². The number of carbonyl (C=O) groups is 1. The van der Waals surface area contributed by atoms with Gasteiger partial charge in [0, 0.05) is 29.3 Å². The van der Waals surface area contributed by atoms with Crippen molar-refractivity contribution in [2.75, 3.05) is 10.0 Å². The summed E-state index contributed by atoms with van der Waals surface area (Å²) in [6.45, 7) is 1.85. The molecule has 2 N–H and O–H groups in total. The van der Waals surface area contributed by atoms with E-state index in [0.717, 1.165) is 5.56 Å². The fourth-order valence-electron chi connectivity index (χ4n) is 3.11. The number of anilines is 2. The molecule has 0 unspecified atom stereocenters. The highest BCUT2D eigenvalue weighted by Gasteiger charge is 2.17. The monoisotopic (exact) mass is 450 g/mol. The van der Waals surface area contributed by atoms with E-state index in [0.29, 0.717) is 5.69 Å². The Morgan fingerprint density at radius 1 is 0.969 bits per heavy atom. The number of carbonyl (C=O) groups excluding carboxylic acids is 1. The topological polar surface area (TPSA) is 93.1 Å². The van der Waals surface area contributed by atoms with Crippen LogP contribution in [-0.2, 0) is 10.0 Å². The molecule has 162 valence electrons. The number of nitrogens with one attached hydrogen (secondary N) is 2. The number of benzene rings is 3. The van der Waals surface area contributed by atoms with E-state index in [-0.39, 0.29) is 21.8 Å². The van der Waals surface area contributed by atoms with Gasteiger partial charge in [0.2, 0.25) is 0 Å². The van der Waals surface area contributed by atoms with Gasteiger partial charge in [-0.05, 0) is 67.1 Å². The van der Waals surface area contributed by atoms with Crippen LogP contribution in [0.2, 0.25) is 0 Å². The van der Waals surface area contributed by atoms with Gasteiger partial charge in [-0.1, -0.05) is 18.2 Å². The first-order valence-corrected chi connectivity index (χ1v) is 11.1. The Hall–Kier alpha value is -3.98. The summed E-state index contributed by atoms with van der Waals surface area (Å²) in [6.07, 6.45) is 3.14. The van der Waals surface area contributed by atoms with E-state index in [9.17, 15) is 17.6 Å². The number of halogens is 1. The van der Waals surface area contributed by atoms with Crippen LogP contribution in [0.25, 0.3) is 5.69 Å². The van der Waals surface area contributed by atoms with Gasteiger partial charge in [0.1, 0.15) is 5.69 Å².